The van der Waals surface area contributed by atoms with Gasteiger partial charge in [0.2, 0.25) is 0 Å². The maximum Gasteiger partial charge on any atom is 0.306 e. The molecule has 0 spiro atoms. The quantitative estimate of drug-likeness (QED) is 0.0262. The van der Waals surface area contributed by atoms with Crippen LogP contribution in [0.25, 0.3) is 0 Å². The maximum atomic E-state index is 12.8. The summed E-state index contributed by atoms with van der Waals surface area (Å²) in [5.41, 5.74) is 0. The molecule has 63 heavy (non-hydrogen) atoms. The molecule has 0 aliphatic rings. The van der Waals surface area contributed by atoms with Crippen molar-refractivity contribution in [3.8, 4) is 0 Å². The zero-order chi connectivity index (χ0) is 45.8. The van der Waals surface area contributed by atoms with Gasteiger partial charge in [0.25, 0.3) is 0 Å². The van der Waals surface area contributed by atoms with Crippen LogP contribution in [0.3, 0.4) is 0 Å². The van der Waals surface area contributed by atoms with Crippen molar-refractivity contribution >= 4 is 17.9 Å². The molecule has 0 radical (unpaired) electrons. The van der Waals surface area contributed by atoms with E-state index in [1.165, 1.54) is 148 Å². The van der Waals surface area contributed by atoms with Crippen molar-refractivity contribution in [1.29, 1.82) is 0 Å². The van der Waals surface area contributed by atoms with Crippen molar-refractivity contribution in [1.82, 2.24) is 0 Å². The predicted molar refractivity (Wildman–Crippen MR) is 270 cm³/mol. The van der Waals surface area contributed by atoms with E-state index in [2.05, 4.69) is 81.5 Å². The standard InChI is InChI=1S/C57H100O6/c1-4-7-10-13-16-19-22-25-27-28-30-32-35-38-41-44-47-50-56(59)62-53-54(52-61-55(58)49-46-43-40-37-34-31-24-21-18-15-12-9-6-3)63-57(60)51-48-45-42-39-36-33-29-26-23-20-17-14-11-8-5-2/h16,19,21,24-25,27,30,32,38,41,54H,4-15,17-18,20,22-23,26,28-29,31,33-37,39-40,42-53H2,1-3H3/b19-16+,24-21+,27-25+,32-30+,41-38+/t54-/m1/s1. The largest absolute Gasteiger partial charge is 0.462 e. The van der Waals surface area contributed by atoms with Crippen LogP contribution in [-0.2, 0) is 28.6 Å². The Balaban J connectivity index is 4.46. The lowest BCUT2D eigenvalue weighted by Gasteiger charge is -2.18. The van der Waals surface area contributed by atoms with Gasteiger partial charge in [0, 0.05) is 19.3 Å². The summed E-state index contributed by atoms with van der Waals surface area (Å²) in [6.07, 6.45) is 63.5. The van der Waals surface area contributed by atoms with Gasteiger partial charge in [-0.3, -0.25) is 14.4 Å². The first-order chi connectivity index (χ1) is 31.0. The van der Waals surface area contributed by atoms with Gasteiger partial charge >= 0.3 is 17.9 Å². The molecule has 0 aromatic heterocycles. The van der Waals surface area contributed by atoms with Gasteiger partial charge in [-0.2, -0.15) is 0 Å². The van der Waals surface area contributed by atoms with E-state index in [0.29, 0.717) is 19.3 Å². The summed E-state index contributed by atoms with van der Waals surface area (Å²) < 4.78 is 16.8. The zero-order valence-corrected chi connectivity index (χ0v) is 41.6. The Hall–Kier alpha value is -2.89. The average Bonchev–Trinajstić information content (AvgIpc) is 3.28. The van der Waals surface area contributed by atoms with Crippen LogP contribution in [0.15, 0.2) is 60.8 Å². The monoisotopic (exact) mass is 881 g/mol. The van der Waals surface area contributed by atoms with E-state index in [4.69, 9.17) is 14.2 Å². The van der Waals surface area contributed by atoms with Gasteiger partial charge in [-0.15, -0.1) is 0 Å². The molecular formula is C57H100O6. The predicted octanol–water partition coefficient (Wildman–Crippen LogP) is 17.6. The summed E-state index contributed by atoms with van der Waals surface area (Å²) >= 11 is 0. The molecule has 0 aliphatic heterocycles. The van der Waals surface area contributed by atoms with Gasteiger partial charge in [-0.05, 0) is 83.5 Å². The van der Waals surface area contributed by atoms with E-state index in [-0.39, 0.29) is 37.5 Å². The summed E-state index contributed by atoms with van der Waals surface area (Å²) in [4.78, 5) is 38.0. The highest BCUT2D eigenvalue weighted by molar-refractivity contribution is 5.71. The Morgan fingerprint density at radius 1 is 0.317 bits per heavy atom. The van der Waals surface area contributed by atoms with Crippen LogP contribution in [-0.4, -0.2) is 37.2 Å². The first-order valence-electron chi connectivity index (χ1n) is 26.8. The van der Waals surface area contributed by atoms with Crippen LogP contribution in [0.4, 0.5) is 0 Å². The fourth-order valence-electron chi connectivity index (χ4n) is 7.43. The first kappa shape index (κ1) is 60.1. The molecule has 0 saturated heterocycles. The highest BCUT2D eigenvalue weighted by Crippen LogP contribution is 2.15. The Labute approximate surface area is 390 Å². The summed E-state index contributed by atoms with van der Waals surface area (Å²) in [5.74, 6) is -0.952. The average molecular weight is 881 g/mol. The number of hydrogen-bond acceptors (Lipinski definition) is 6. The van der Waals surface area contributed by atoms with Crippen LogP contribution < -0.4 is 0 Å². The molecule has 0 unspecified atom stereocenters. The molecule has 0 N–H and O–H groups in total. The lowest BCUT2D eigenvalue weighted by atomic mass is 10.0. The van der Waals surface area contributed by atoms with E-state index in [1.807, 2.05) is 0 Å². The third kappa shape index (κ3) is 50.0. The Morgan fingerprint density at radius 3 is 1.02 bits per heavy atom. The molecule has 364 valence electrons. The van der Waals surface area contributed by atoms with Crippen LogP contribution in [0.2, 0.25) is 0 Å². The second-order valence-corrected chi connectivity index (χ2v) is 17.8. The molecule has 6 nitrogen and oxygen atoms in total. The second-order valence-electron chi connectivity index (χ2n) is 17.8. The summed E-state index contributed by atoms with van der Waals surface area (Å²) in [7, 11) is 0. The third-order valence-electron chi connectivity index (χ3n) is 11.5. The molecule has 0 bridgehead atoms. The topological polar surface area (TPSA) is 78.9 Å². The van der Waals surface area contributed by atoms with Crippen LogP contribution in [0, 0.1) is 0 Å². The summed E-state index contributed by atoms with van der Waals surface area (Å²) in [6.45, 7) is 6.56. The van der Waals surface area contributed by atoms with E-state index >= 15 is 0 Å². The van der Waals surface area contributed by atoms with Gasteiger partial charge in [0.1, 0.15) is 13.2 Å². The molecule has 6 heteroatoms. The first-order valence-corrected chi connectivity index (χ1v) is 26.8. The zero-order valence-electron chi connectivity index (χ0n) is 41.6. The molecule has 0 heterocycles. The van der Waals surface area contributed by atoms with Crippen molar-refractivity contribution < 1.29 is 28.6 Å². The molecule has 1 atom stereocenters. The number of ether oxygens (including phenoxy) is 3. The number of hydrogen-bond donors (Lipinski definition) is 0. The highest BCUT2D eigenvalue weighted by atomic mass is 16.6. The van der Waals surface area contributed by atoms with E-state index in [9.17, 15) is 14.4 Å². The van der Waals surface area contributed by atoms with Crippen LogP contribution in [0.5, 0.6) is 0 Å². The molecule has 0 fully saturated rings. The van der Waals surface area contributed by atoms with Crippen molar-refractivity contribution in [2.45, 2.75) is 271 Å². The number of carbonyl (C=O) groups excluding carboxylic acids is 3. The second kappa shape index (κ2) is 51.7. The summed E-state index contributed by atoms with van der Waals surface area (Å²) in [6, 6.07) is 0. The van der Waals surface area contributed by atoms with Crippen molar-refractivity contribution in [3.05, 3.63) is 60.8 Å². The lowest BCUT2D eigenvalue weighted by molar-refractivity contribution is -0.167. The number of carbonyl (C=O) groups is 3. The Kier molecular flexibility index (Phi) is 49.4. The molecule has 0 amide bonds. The van der Waals surface area contributed by atoms with Gasteiger partial charge in [0.15, 0.2) is 6.10 Å². The SMILES string of the molecule is CCCCC/C=C/C/C=C/C/C=C/C/C=C/CCCC(=O)OC[C@@H](COC(=O)CCCCCCC/C=C/CCCCCC)OC(=O)CCCCCCCCCCCCCCCCC. The van der Waals surface area contributed by atoms with Crippen LogP contribution >= 0.6 is 0 Å². The molecule has 0 aromatic carbocycles. The third-order valence-corrected chi connectivity index (χ3v) is 11.5. The minimum atomic E-state index is -0.796. The number of rotatable bonds is 48. The molecule has 0 aliphatic carbocycles. The fraction of sp³-hybridized carbons (Fsp3) is 0.772. The lowest BCUT2D eigenvalue weighted by Crippen LogP contribution is -2.30. The Morgan fingerprint density at radius 2 is 0.587 bits per heavy atom. The van der Waals surface area contributed by atoms with Crippen LogP contribution in [0.1, 0.15) is 265 Å². The van der Waals surface area contributed by atoms with Gasteiger partial charge in [0.05, 0.1) is 0 Å². The number of esters is 3. The highest BCUT2D eigenvalue weighted by Gasteiger charge is 2.19. The van der Waals surface area contributed by atoms with Crippen molar-refractivity contribution in [2.24, 2.45) is 0 Å². The smallest absolute Gasteiger partial charge is 0.306 e. The number of unbranched alkanes of at least 4 members (excludes halogenated alkanes) is 27. The van der Waals surface area contributed by atoms with E-state index in [1.54, 1.807) is 0 Å². The minimum absolute atomic E-state index is 0.0935. The van der Waals surface area contributed by atoms with Gasteiger partial charge in [-0.25, -0.2) is 0 Å². The Bertz CT molecular complexity index is 1150. The summed E-state index contributed by atoms with van der Waals surface area (Å²) in [5, 5.41) is 0. The fourth-order valence-corrected chi connectivity index (χ4v) is 7.43. The normalized spacial score (nSPS) is 12.5. The molecule has 0 rings (SSSR count). The van der Waals surface area contributed by atoms with Crippen molar-refractivity contribution in [2.75, 3.05) is 13.2 Å². The van der Waals surface area contributed by atoms with Gasteiger partial charge in [-0.1, -0.05) is 223 Å². The van der Waals surface area contributed by atoms with Crippen molar-refractivity contribution in [3.63, 3.8) is 0 Å². The maximum absolute atomic E-state index is 12.8. The molecule has 0 aromatic rings. The van der Waals surface area contributed by atoms with E-state index in [0.717, 1.165) is 70.6 Å². The minimum Gasteiger partial charge on any atom is -0.462 e. The molecule has 0 saturated carbocycles. The van der Waals surface area contributed by atoms with Gasteiger partial charge < -0.3 is 14.2 Å². The number of allylic oxidation sites excluding steroid dienone is 10. The van der Waals surface area contributed by atoms with E-state index < -0.39 is 6.10 Å². The molecular weight excluding hydrogens is 781 g/mol.